The molecular weight excluding hydrogens is 246 g/mol. The maximum absolute atomic E-state index is 10.2. The van der Waals surface area contributed by atoms with Crippen molar-refractivity contribution in [3.63, 3.8) is 0 Å². The first kappa shape index (κ1) is 12.4. The second-order valence-electron chi connectivity index (χ2n) is 5.04. The lowest BCUT2D eigenvalue weighted by Gasteiger charge is -2.27. The highest BCUT2D eigenvalue weighted by atomic mass is 16.5. The summed E-state index contributed by atoms with van der Waals surface area (Å²) in [6, 6.07) is 3.64. The summed E-state index contributed by atoms with van der Waals surface area (Å²) < 4.78 is 7.21. The number of nitrogens with two attached hydrogens (primary N) is 1. The van der Waals surface area contributed by atoms with E-state index in [2.05, 4.69) is 5.10 Å². The highest BCUT2D eigenvalue weighted by molar-refractivity contribution is 5.85. The number of ether oxygens (including phenoxy) is 1. The van der Waals surface area contributed by atoms with Gasteiger partial charge in [0, 0.05) is 11.4 Å². The maximum atomic E-state index is 10.2. The number of hydrogen-bond acceptors (Lipinski definition) is 5. The lowest BCUT2D eigenvalue weighted by Crippen LogP contribution is -2.31. The van der Waals surface area contributed by atoms with E-state index in [0.717, 1.165) is 10.9 Å². The molecule has 0 spiro atoms. The van der Waals surface area contributed by atoms with E-state index in [9.17, 15) is 10.2 Å². The van der Waals surface area contributed by atoms with E-state index in [1.54, 1.807) is 16.9 Å². The summed E-state index contributed by atoms with van der Waals surface area (Å²) in [5.74, 6) is 0.594. The smallest absolute Gasteiger partial charge is 0.127 e. The van der Waals surface area contributed by atoms with Crippen LogP contribution < -0.4 is 10.5 Å². The van der Waals surface area contributed by atoms with E-state index in [-0.39, 0.29) is 12.6 Å². The molecule has 2 aromatic rings. The van der Waals surface area contributed by atoms with Gasteiger partial charge in [0.05, 0.1) is 23.8 Å². The van der Waals surface area contributed by atoms with Gasteiger partial charge in [-0.3, -0.25) is 4.68 Å². The second kappa shape index (κ2) is 4.48. The average molecular weight is 263 g/mol. The first-order chi connectivity index (χ1) is 9.08. The van der Waals surface area contributed by atoms with Crippen LogP contribution in [0.3, 0.4) is 0 Å². The van der Waals surface area contributed by atoms with Gasteiger partial charge in [-0.05, 0) is 19.1 Å². The van der Waals surface area contributed by atoms with Crippen LogP contribution in [0.5, 0.6) is 5.75 Å². The Morgan fingerprint density at radius 1 is 1.53 bits per heavy atom. The minimum absolute atomic E-state index is 0.0504. The maximum Gasteiger partial charge on any atom is 0.127 e. The Morgan fingerprint density at radius 2 is 2.32 bits per heavy atom. The van der Waals surface area contributed by atoms with Crippen LogP contribution in [-0.2, 0) is 6.54 Å². The van der Waals surface area contributed by atoms with Gasteiger partial charge in [0.25, 0.3) is 0 Å². The van der Waals surface area contributed by atoms with E-state index in [1.807, 2.05) is 13.0 Å². The first-order valence-electron chi connectivity index (χ1n) is 6.31. The molecule has 102 valence electrons. The molecule has 2 heterocycles. The van der Waals surface area contributed by atoms with Gasteiger partial charge in [-0.2, -0.15) is 5.10 Å². The van der Waals surface area contributed by atoms with Gasteiger partial charge in [0.15, 0.2) is 0 Å². The zero-order valence-corrected chi connectivity index (χ0v) is 10.7. The van der Waals surface area contributed by atoms with Crippen LogP contribution in [0.1, 0.15) is 18.6 Å². The molecule has 1 aromatic heterocycles. The number of rotatable bonds is 2. The lowest BCUT2D eigenvalue weighted by atomic mass is 9.98. The topological polar surface area (TPSA) is 93.5 Å². The Balaban J connectivity index is 2.21. The van der Waals surface area contributed by atoms with Crippen molar-refractivity contribution in [1.82, 2.24) is 9.78 Å². The van der Waals surface area contributed by atoms with Crippen LogP contribution >= 0.6 is 0 Å². The highest BCUT2D eigenvalue weighted by Crippen LogP contribution is 2.37. The summed E-state index contributed by atoms with van der Waals surface area (Å²) in [6.45, 7) is 2.54. The zero-order chi connectivity index (χ0) is 13.6. The fourth-order valence-electron chi connectivity index (χ4n) is 2.47. The van der Waals surface area contributed by atoms with E-state index < -0.39 is 12.2 Å². The Morgan fingerprint density at radius 3 is 3.05 bits per heavy atom. The predicted octanol–water partition coefficient (Wildman–Crippen LogP) is 0.170. The van der Waals surface area contributed by atoms with Crippen LogP contribution in [-0.4, -0.2) is 38.7 Å². The quantitative estimate of drug-likeness (QED) is 0.718. The third-order valence-electron chi connectivity index (χ3n) is 3.33. The molecule has 0 radical (unpaired) electrons. The van der Waals surface area contributed by atoms with Crippen molar-refractivity contribution in [1.29, 1.82) is 0 Å². The van der Waals surface area contributed by atoms with Crippen LogP contribution in [0.2, 0.25) is 0 Å². The summed E-state index contributed by atoms with van der Waals surface area (Å²) in [5.41, 5.74) is 7.18. The average Bonchev–Trinajstić information content (AvgIpc) is 2.76. The van der Waals surface area contributed by atoms with Crippen LogP contribution in [0.25, 0.3) is 10.9 Å². The van der Waals surface area contributed by atoms with Gasteiger partial charge >= 0.3 is 0 Å². The Kier molecular flexibility index (Phi) is 2.93. The highest BCUT2D eigenvalue weighted by Gasteiger charge is 2.31. The summed E-state index contributed by atoms with van der Waals surface area (Å²) in [4.78, 5) is 0. The molecule has 3 unspecified atom stereocenters. The van der Waals surface area contributed by atoms with Crippen LogP contribution in [0, 0.1) is 0 Å². The van der Waals surface area contributed by atoms with Crippen molar-refractivity contribution in [2.45, 2.75) is 31.7 Å². The zero-order valence-electron chi connectivity index (χ0n) is 10.7. The number of aliphatic hydroxyl groups is 2. The molecule has 0 fully saturated rings. The molecule has 3 atom stereocenters. The van der Waals surface area contributed by atoms with E-state index in [1.165, 1.54) is 0 Å². The van der Waals surface area contributed by atoms with Crippen molar-refractivity contribution in [2.75, 3.05) is 6.61 Å². The molecule has 0 saturated heterocycles. The monoisotopic (exact) mass is 263 g/mol. The van der Waals surface area contributed by atoms with Crippen molar-refractivity contribution in [3.05, 3.63) is 23.9 Å². The number of benzene rings is 1. The first-order valence-corrected chi connectivity index (χ1v) is 6.31. The van der Waals surface area contributed by atoms with Crippen molar-refractivity contribution < 1.29 is 14.9 Å². The van der Waals surface area contributed by atoms with E-state index >= 15 is 0 Å². The Hall–Kier alpha value is -1.63. The molecule has 1 aromatic carbocycles. The standard InChI is InChI=1S/C13H17N3O3/c1-7(14)5-16-12-8(4-15-16)2-3-10-11(12)13(18)9(17)6-19-10/h2-4,7,9,13,17-18H,5-6,14H2,1H3. The fourth-order valence-corrected chi connectivity index (χ4v) is 2.47. The van der Waals surface area contributed by atoms with Gasteiger partial charge < -0.3 is 20.7 Å². The second-order valence-corrected chi connectivity index (χ2v) is 5.04. The number of nitrogens with zero attached hydrogens (tertiary/aromatic N) is 2. The Labute approximate surface area is 110 Å². The number of fused-ring (bicyclic) bond motifs is 3. The summed E-state index contributed by atoms with van der Waals surface area (Å²) >= 11 is 0. The summed E-state index contributed by atoms with van der Waals surface area (Å²) in [7, 11) is 0. The largest absolute Gasteiger partial charge is 0.490 e. The number of hydrogen-bond donors (Lipinski definition) is 3. The third-order valence-corrected chi connectivity index (χ3v) is 3.33. The van der Waals surface area contributed by atoms with Gasteiger partial charge in [0.2, 0.25) is 0 Å². The molecule has 1 aliphatic rings. The molecule has 3 rings (SSSR count). The molecule has 6 nitrogen and oxygen atoms in total. The van der Waals surface area contributed by atoms with Crippen molar-refractivity contribution in [3.8, 4) is 5.75 Å². The number of aliphatic hydroxyl groups excluding tert-OH is 2. The van der Waals surface area contributed by atoms with Crippen molar-refractivity contribution in [2.24, 2.45) is 5.73 Å². The SMILES string of the molecule is CC(N)Cn1ncc2ccc3c(c21)C(O)C(O)CO3. The molecule has 1 aliphatic heterocycles. The minimum Gasteiger partial charge on any atom is -0.490 e. The summed E-state index contributed by atoms with van der Waals surface area (Å²) in [6.07, 6.45) is -0.154. The molecule has 0 saturated carbocycles. The van der Waals surface area contributed by atoms with E-state index in [4.69, 9.17) is 10.5 Å². The molecule has 6 heteroatoms. The van der Waals surface area contributed by atoms with Gasteiger partial charge in [-0.25, -0.2) is 0 Å². The molecule has 0 aliphatic carbocycles. The van der Waals surface area contributed by atoms with Crippen LogP contribution in [0.15, 0.2) is 18.3 Å². The fraction of sp³-hybridized carbons (Fsp3) is 0.462. The van der Waals surface area contributed by atoms with Crippen molar-refractivity contribution >= 4 is 10.9 Å². The molecule has 19 heavy (non-hydrogen) atoms. The summed E-state index contributed by atoms with van der Waals surface area (Å²) in [5, 5.41) is 25.2. The molecule has 0 amide bonds. The number of aromatic nitrogens is 2. The molecular formula is C13H17N3O3. The van der Waals surface area contributed by atoms with E-state index in [0.29, 0.717) is 17.9 Å². The lowest BCUT2D eigenvalue weighted by molar-refractivity contribution is -0.0248. The minimum atomic E-state index is -0.962. The normalized spacial score (nSPS) is 24.0. The molecule has 0 bridgehead atoms. The van der Waals surface area contributed by atoms with Crippen LogP contribution in [0.4, 0.5) is 0 Å². The molecule has 4 N–H and O–H groups in total. The van der Waals surface area contributed by atoms with Gasteiger partial charge in [-0.15, -0.1) is 0 Å². The Bertz CT molecular complexity index is 608. The van der Waals surface area contributed by atoms with Gasteiger partial charge in [0.1, 0.15) is 24.6 Å². The third kappa shape index (κ3) is 1.98. The van der Waals surface area contributed by atoms with Gasteiger partial charge in [-0.1, -0.05) is 0 Å². The predicted molar refractivity (Wildman–Crippen MR) is 69.8 cm³/mol.